The highest BCUT2D eigenvalue weighted by molar-refractivity contribution is 5.81. The van der Waals surface area contributed by atoms with Crippen LogP contribution in [0, 0.1) is 0 Å². The van der Waals surface area contributed by atoms with Gasteiger partial charge in [-0.2, -0.15) is 0 Å². The Kier molecular flexibility index (Phi) is 6.57. The van der Waals surface area contributed by atoms with Crippen molar-refractivity contribution in [3.8, 4) is 5.75 Å². The zero-order valence-electron chi connectivity index (χ0n) is 17.6. The van der Waals surface area contributed by atoms with Gasteiger partial charge in [0.2, 0.25) is 5.91 Å². The molecule has 0 spiro atoms. The van der Waals surface area contributed by atoms with Crippen molar-refractivity contribution in [3.63, 3.8) is 0 Å². The highest BCUT2D eigenvalue weighted by atomic mass is 16.5. The summed E-state index contributed by atoms with van der Waals surface area (Å²) in [6.45, 7) is 8.19. The fourth-order valence-electron chi connectivity index (χ4n) is 3.79. The normalized spacial score (nSPS) is 16.9. The third kappa shape index (κ3) is 4.78. The molecule has 0 radical (unpaired) electrons. The molecule has 2 amide bonds. The van der Waals surface area contributed by atoms with Crippen LogP contribution in [0.4, 0.5) is 0 Å². The summed E-state index contributed by atoms with van der Waals surface area (Å²) in [7, 11) is 0. The van der Waals surface area contributed by atoms with Gasteiger partial charge in [0.1, 0.15) is 5.75 Å². The fraction of sp³-hybridized carbons (Fsp3) is 0.417. The van der Waals surface area contributed by atoms with Crippen LogP contribution in [0.15, 0.2) is 48.5 Å². The van der Waals surface area contributed by atoms with Gasteiger partial charge in [-0.3, -0.25) is 9.59 Å². The van der Waals surface area contributed by atoms with Crippen molar-refractivity contribution >= 4 is 11.8 Å². The average Bonchev–Trinajstić information content (AvgIpc) is 2.72. The van der Waals surface area contributed by atoms with Crippen molar-refractivity contribution < 1.29 is 14.3 Å². The molecule has 0 saturated carbocycles. The second-order valence-corrected chi connectivity index (χ2v) is 7.79. The average molecular weight is 395 g/mol. The maximum atomic E-state index is 12.7. The minimum absolute atomic E-state index is 0.0631. The molecule has 1 heterocycles. The molecule has 1 aliphatic heterocycles. The van der Waals surface area contributed by atoms with Gasteiger partial charge in [-0.15, -0.1) is 0 Å². The molecule has 1 N–H and O–H groups in total. The molecule has 0 saturated heterocycles. The third-order valence-corrected chi connectivity index (χ3v) is 5.20. The summed E-state index contributed by atoms with van der Waals surface area (Å²) < 4.78 is 5.93. The molecule has 5 nitrogen and oxygen atoms in total. The molecule has 1 aliphatic rings. The molecular formula is C24H30N2O3. The summed E-state index contributed by atoms with van der Waals surface area (Å²) in [6, 6.07) is 16.0. The molecule has 0 bridgehead atoms. The first-order valence-corrected chi connectivity index (χ1v) is 10.3. The Balaban J connectivity index is 1.94. The molecule has 0 aliphatic carbocycles. The van der Waals surface area contributed by atoms with E-state index in [0.717, 1.165) is 17.5 Å². The molecule has 2 unspecified atom stereocenters. The smallest absolute Gasteiger partial charge is 0.260 e. The van der Waals surface area contributed by atoms with Crippen molar-refractivity contribution in [1.82, 2.24) is 10.2 Å². The Hall–Kier alpha value is -2.82. The Labute approximate surface area is 173 Å². The van der Waals surface area contributed by atoms with E-state index in [1.807, 2.05) is 56.0 Å². The SMILES string of the molecule is CCC(=O)N1CCc2ccc(OC(C)C(=O)NC(C)C)cc2C1c1ccccc1. The first-order chi connectivity index (χ1) is 13.9. The van der Waals surface area contributed by atoms with E-state index >= 15 is 0 Å². The first-order valence-electron chi connectivity index (χ1n) is 10.3. The van der Waals surface area contributed by atoms with Crippen molar-refractivity contribution in [2.75, 3.05) is 6.54 Å². The number of hydrogen-bond donors (Lipinski definition) is 1. The van der Waals surface area contributed by atoms with E-state index in [0.29, 0.717) is 18.7 Å². The van der Waals surface area contributed by atoms with Crippen LogP contribution in [-0.4, -0.2) is 35.4 Å². The number of amides is 2. The van der Waals surface area contributed by atoms with Crippen molar-refractivity contribution in [3.05, 3.63) is 65.2 Å². The summed E-state index contributed by atoms with van der Waals surface area (Å²) in [5.74, 6) is 0.641. The molecule has 0 fully saturated rings. The molecule has 2 atom stereocenters. The van der Waals surface area contributed by atoms with E-state index in [4.69, 9.17) is 4.74 Å². The van der Waals surface area contributed by atoms with E-state index in [2.05, 4.69) is 23.5 Å². The summed E-state index contributed by atoms with van der Waals surface area (Å²) in [5.41, 5.74) is 3.36. The van der Waals surface area contributed by atoms with Crippen molar-refractivity contribution in [2.24, 2.45) is 0 Å². The predicted molar refractivity (Wildman–Crippen MR) is 114 cm³/mol. The van der Waals surface area contributed by atoms with Crippen LogP contribution in [0.5, 0.6) is 5.75 Å². The Morgan fingerprint density at radius 1 is 1.14 bits per heavy atom. The third-order valence-electron chi connectivity index (χ3n) is 5.20. The van der Waals surface area contributed by atoms with Gasteiger partial charge in [-0.1, -0.05) is 43.3 Å². The van der Waals surface area contributed by atoms with Gasteiger partial charge >= 0.3 is 0 Å². The van der Waals surface area contributed by atoms with Crippen LogP contribution in [0.1, 0.15) is 56.8 Å². The van der Waals surface area contributed by atoms with E-state index in [-0.39, 0.29) is 23.9 Å². The van der Waals surface area contributed by atoms with E-state index < -0.39 is 6.10 Å². The summed E-state index contributed by atoms with van der Waals surface area (Å²) >= 11 is 0. The number of hydrogen-bond acceptors (Lipinski definition) is 3. The summed E-state index contributed by atoms with van der Waals surface area (Å²) in [4.78, 5) is 26.8. The fourth-order valence-corrected chi connectivity index (χ4v) is 3.79. The summed E-state index contributed by atoms with van der Waals surface area (Å²) in [5, 5.41) is 2.87. The van der Waals surface area contributed by atoms with Gasteiger partial charge in [-0.25, -0.2) is 0 Å². The highest BCUT2D eigenvalue weighted by Crippen LogP contribution is 2.37. The Morgan fingerprint density at radius 3 is 2.52 bits per heavy atom. The number of nitrogens with one attached hydrogen (secondary N) is 1. The second kappa shape index (κ2) is 9.12. The lowest BCUT2D eigenvalue weighted by Gasteiger charge is -2.38. The number of carbonyl (C=O) groups is 2. The lowest BCUT2D eigenvalue weighted by Crippen LogP contribution is -2.41. The lowest BCUT2D eigenvalue weighted by molar-refractivity contribution is -0.133. The quantitative estimate of drug-likeness (QED) is 0.809. The minimum atomic E-state index is -0.595. The monoisotopic (exact) mass is 394 g/mol. The predicted octanol–water partition coefficient (Wildman–Crippen LogP) is 3.86. The van der Waals surface area contributed by atoms with Crippen molar-refractivity contribution in [1.29, 1.82) is 0 Å². The van der Waals surface area contributed by atoms with Gasteiger partial charge in [0.25, 0.3) is 5.91 Å². The molecule has 2 aromatic rings. The van der Waals surface area contributed by atoms with Gasteiger partial charge in [0.15, 0.2) is 6.10 Å². The number of benzene rings is 2. The largest absolute Gasteiger partial charge is 0.481 e. The maximum Gasteiger partial charge on any atom is 0.260 e. The second-order valence-electron chi connectivity index (χ2n) is 7.79. The number of nitrogens with zero attached hydrogens (tertiary/aromatic N) is 1. The van der Waals surface area contributed by atoms with Crippen LogP contribution in [0.2, 0.25) is 0 Å². The molecule has 3 rings (SSSR count). The maximum absolute atomic E-state index is 12.7. The molecule has 0 aromatic heterocycles. The highest BCUT2D eigenvalue weighted by Gasteiger charge is 2.31. The van der Waals surface area contributed by atoms with Crippen LogP contribution >= 0.6 is 0 Å². The molecular weight excluding hydrogens is 364 g/mol. The van der Waals surface area contributed by atoms with Gasteiger partial charge in [0.05, 0.1) is 6.04 Å². The zero-order chi connectivity index (χ0) is 21.0. The minimum Gasteiger partial charge on any atom is -0.481 e. The van der Waals surface area contributed by atoms with Crippen LogP contribution in [0.25, 0.3) is 0 Å². The lowest BCUT2D eigenvalue weighted by atomic mass is 9.87. The van der Waals surface area contributed by atoms with E-state index in [9.17, 15) is 9.59 Å². The van der Waals surface area contributed by atoms with Crippen LogP contribution in [0.3, 0.4) is 0 Å². The Morgan fingerprint density at radius 2 is 1.86 bits per heavy atom. The van der Waals surface area contributed by atoms with Crippen LogP contribution in [-0.2, 0) is 16.0 Å². The number of carbonyl (C=O) groups excluding carboxylic acids is 2. The number of ether oxygens (including phenoxy) is 1. The molecule has 154 valence electrons. The Bertz CT molecular complexity index is 864. The van der Waals surface area contributed by atoms with Crippen molar-refractivity contribution in [2.45, 2.75) is 58.7 Å². The molecule has 5 heteroatoms. The zero-order valence-corrected chi connectivity index (χ0v) is 17.6. The number of fused-ring (bicyclic) bond motifs is 1. The number of rotatable bonds is 6. The van der Waals surface area contributed by atoms with Gasteiger partial charge in [-0.05, 0) is 56.0 Å². The standard InChI is InChI=1S/C24H30N2O3/c1-5-22(27)26-14-13-18-11-12-20(29-17(4)24(28)25-16(2)3)15-21(18)23(26)19-9-7-6-8-10-19/h6-12,15-17,23H,5,13-14H2,1-4H3,(H,25,28). The van der Waals surface area contributed by atoms with Gasteiger partial charge in [0, 0.05) is 19.0 Å². The van der Waals surface area contributed by atoms with E-state index in [1.54, 1.807) is 6.92 Å². The molecule has 2 aromatic carbocycles. The van der Waals surface area contributed by atoms with Crippen LogP contribution < -0.4 is 10.1 Å². The topological polar surface area (TPSA) is 58.6 Å². The van der Waals surface area contributed by atoms with Gasteiger partial charge < -0.3 is 15.0 Å². The summed E-state index contributed by atoms with van der Waals surface area (Å²) in [6.07, 6.45) is 0.692. The van der Waals surface area contributed by atoms with E-state index in [1.165, 1.54) is 5.56 Å². The first kappa shape index (κ1) is 20.9. The molecule has 29 heavy (non-hydrogen) atoms.